The molecule has 0 fully saturated rings. The Morgan fingerprint density at radius 2 is 1.50 bits per heavy atom. The zero-order valence-corrected chi connectivity index (χ0v) is 28.9. The molecular weight excluding hydrogens is 666 g/mol. The van der Waals surface area contributed by atoms with Gasteiger partial charge in [-0.3, -0.25) is 13.9 Å². The first-order valence-electron chi connectivity index (χ1n) is 15.1. The first-order chi connectivity index (χ1) is 22.0. The normalized spacial score (nSPS) is 12.5. The Balaban J connectivity index is 1.83. The van der Waals surface area contributed by atoms with E-state index in [1.54, 1.807) is 36.4 Å². The van der Waals surface area contributed by atoms with Crippen molar-refractivity contribution in [2.75, 3.05) is 18.0 Å². The number of benzene rings is 4. The molecule has 10 heteroatoms. The maximum atomic E-state index is 14.6. The van der Waals surface area contributed by atoms with Crippen molar-refractivity contribution in [3.8, 4) is 5.75 Å². The second-order valence-electron chi connectivity index (χ2n) is 11.2. The molecule has 0 aliphatic carbocycles. The molecule has 0 heterocycles. The van der Waals surface area contributed by atoms with Gasteiger partial charge >= 0.3 is 0 Å². The largest absolute Gasteiger partial charge is 0.495 e. The number of hydrogen-bond donors (Lipinski definition) is 1. The lowest BCUT2D eigenvalue weighted by Gasteiger charge is -2.34. The van der Waals surface area contributed by atoms with E-state index in [-0.39, 0.29) is 35.5 Å². The van der Waals surface area contributed by atoms with Crippen LogP contribution in [0.5, 0.6) is 5.75 Å². The zero-order chi connectivity index (χ0) is 33.3. The summed E-state index contributed by atoms with van der Waals surface area (Å²) in [5.74, 6) is -0.556. The van der Waals surface area contributed by atoms with Crippen molar-refractivity contribution < 1.29 is 22.7 Å². The molecule has 2 atom stereocenters. The van der Waals surface area contributed by atoms with Gasteiger partial charge in [-0.1, -0.05) is 95.1 Å². The van der Waals surface area contributed by atoms with Crippen molar-refractivity contribution in [2.24, 2.45) is 0 Å². The van der Waals surface area contributed by atoms with Crippen LogP contribution in [0.4, 0.5) is 5.69 Å². The fourth-order valence-corrected chi connectivity index (χ4v) is 6.66. The predicted octanol–water partition coefficient (Wildman–Crippen LogP) is 6.52. The van der Waals surface area contributed by atoms with Crippen molar-refractivity contribution in [2.45, 2.75) is 57.1 Å². The molecule has 4 aromatic carbocycles. The number of nitrogens with zero attached hydrogens (tertiary/aromatic N) is 2. The number of rotatable bonds is 14. The summed E-state index contributed by atoms with van der Waals surface area (Å²) in [7, 11) is -2.79. The lowest BCUT2D eigenvalue weighted by Crippen LogP contribution is -2.54. The molecule has 242 valence electrons. The minimum absolute atomic E-state index is 0.0339. The van der Waals surface area contributed by atoms with Crippen LogP contribution in [0.2, 0.25) is 0 Å². The molecule has 46 heavy (non-hydrogen) atoms. The van der Waals surface area contributed by atoms with Gasteiger partial charge in [0.25, 0.3) is 10.0 Å². The van der Waals surface area contributed by atoms with Gasteiger partial charge in [0, 0.05) is 23.5 Å². The Morgan fingerprint density at radius 3 is 2.13 bits per heavy atom. The highest BCUT2D eigenvalue weighted by Crippen LogP contribution is 2.33. The average molecular weight is 707 g/mol. The highest BCUT2D eigenvalue weighted by molar-refractivity contribution is 9.10. The monoisotopic (exact) mass is 705 g/mol. The lowest BCUT2D eigenvalue weighted by molar-refractivity contribution is -0.140. The molecule has 1 N–H and O–H groups in total. The molecule has 8 nitrogen and oxygen atoms in total. The molecule has 0 bridgehead atoms. The Hall–Kier alpha value is -4.15. The molecule has 2 unspecified atom stereocenters. The van der Waals surface area contributed by atoms with Crippen molar-refractivity contribution in [3.63, 3.8) is 0 Å². The van der Waals surface area contributed by atoms with Crippen molar-refractivity contribution in [1.82, 2.24) is 10.2 Å². The van der Waals surface area contributed by atoms with Crippen LogP contribution in [-0.4, -0.2) is 50.9 Å². The number of hydrogen-bond acceptors (Lipinski definition) is 5. The van der Waals surface area contributed by atoms with E-state index in [2.05, 4.69) is 21.2 Å². The number of anilines is 1. The summed E-state index contributed by atoms with van der Waals surface area (Å²) in [6.07, 6.45) is 0.950. The molecule has 0 aliphatic heterocycles. The van der Waals surface area contributed by atoms with Crippen LogP contribution < -0.4 is 14.4 Å². The van der Waals surface area contributed by atoms with Crippen LogP contribution in [0.15, 0.2) is 112 Å². The molecule has 4 rings (SSSR count). The second-order valence-corrected chi connectivity index (χ2v) is 13.9. The van der Waals surface area contributed by atoms with Gasteiger partial charge in [-0.15, -0.1) is 0 Å². The summed E-state index contributed by atoms with van der Waals surface area (Å²) < 4.78 is 36.0. The summed E-state index contributed by atoms with van der Waals surface area (Å²) >= 11 is 3.46. The number of aryl methyl sites for hydroxylation is 1. The number of ether oxygens (including phenoxy) is 1. The summed E-state index contributed by atoms with van der Waals surface area (Å²) in [5.41, 5.74) is 2.77. The first kappa shape index (κ1) is 34.7. The van der Waals surface area contributed by atoms with Crippen LogP contribution in [-0.2, 0) is 32.6 Å². The summed E-state index contributed by atoms with van der Waals surface area (Å²) in [5, 5.41) is 3.05. The van der Waals surface area contributed by atoms with E-state index in [4.69, 9.17) is 4.74 Å². The molecular formula is C36H40BrN3O5S. The van der Waals surface area contributed by atoms with Gasteiger partial charge in [0.1, 0.15) is 18.3 Å². The Labute approximate surface area is 280 Å². The van der Waals surface area contributed by atoms with E-state index in [1.807, 2.05) is 75.4 Å². The second kappa shape index (κ2) is 15.9. The van der Waals surface area contributed by atoms with Gasteiger partial charge in [-0.2, -0.15) is 0 Å². The lowest BCUT2D eigenvalue weighted by atomic mass is 10.0. The van der Waals surface area contributed by atoms with Crippen molar-refractivity contribution >= 4 is 43.5 Å². The Morgan fingerprint density at radius 1 is 0.870 bits per heavy atom. The number of carbonyl (C=O) groups is 2. The number of methoxy groups -OCH3 is 1. The van der Waals surface area contributed by atoms with E-state index in [9.17, 15) is 18.0 Å². The third-order valence-corrected chi connectivity index (χ3v) is 10.1. The number of para-hydroxylation sites is 2. The molecule has 0 aliphatic rings. The van der Waals surface area contributed by atoms with E-state index in [1.165, 1.54) is 24.1 Å². The van der Waals surface area contributed by atoms with Crippen molar-refractivity contribution in [3.05, 3.63) is 124 Å². The van der Waals surface area contributed by atoms with Gasteiger partial charge in [0.15, 0.2) is 0 Å². The number of nitrogens with one attached hydrogen (secondary N) is 1. The first-order valence-corrected chi connectivity index (χ1v) is 17.4. The van der Waals surface area contributed by atoms with E-state index in [0.717, 1.165) is 25.5 Å². The summed E-state index contributed by atoms with van der Waals surface area (Å²) in [6, 6.07) is 29.1. The Kier molecular flexibility index (Phi) is 12.0. The van der Waals surface area contributed by atoms with Gasteiger partial charge in [0.05, 0.1) is 17.7 Å². The van der Waals surface area contributed by atoms with Crippen LogP contribution in [0, 0.1) is 6.92 Å². The topological polar surface area (TPSA) is 96.0 Å². The fraction of sp³-hybridized carbons (Fsp3) is 0.278. The van der Waals surface area contributed by atoms with E-state index >= 15 is 0 Å². The summed E-state index contributed by atoms with van der Waals surface area (Å²) in [4.78, 5) is 30.1. The summed E-state index contributed by atoms with van der Waals surface area (Å²) in [6.45, 7) is 5.28. The van der Waals surface area contributed by atoms with Crippen LogP contribution in [0.3, 0.4) is 0 Å². The molecule has 0 radical (unpaired) electrons. The number of amides is 2. The number of sulfonamides is 1. The minimum Gasteiger partial charge on any atom is -0.495 e. The smallest absolute Gasteiger partial charge is 0.264 e. The predicted molar refractivity (Wildman–Crippen MR) is 185 cm³/mol. The number of carbonyl (C=O) groups excluding carboxylic acids is 2. The quantitative estimate of drug-likeness (QED) is 0.161. The SMILES string of the molecule is CCC(C)NC(=O)C(Cc1ccccc1)N(Cc1ccc(Br)cc1)C(=O)CN(c1ccccc1OC)S(=O)(=O)c1ccc(C)cc1. The van der Waals surface area contributed by atoms with Gasteiger partial charge in [-0.05, 0) is 67.8 Å². The molecule has 4 aromatic rings. The maximum Gasteiger partial charge on any atom is 0.264 e. The van der Waals surface area contributed by atoms with Gasteiger partial charge < -0.3 is 15.0 Å². The number of halogens is 1. The highest BCUT2D eigenvalue weighted by atomic mass is 79.9. The standard InChI is InChI=1S/C36H40BrN3O5S/c1-5-27(3)38-36(42)33(23-28-11-7-6-8-12-28)39(24-29-17-19-30(37)20-18-29)35(41)25-40(32-13-9-10-14-34(32)45-4)46(43,44)31-21-15-26(2)16-22-31/h6-22,27,33H,5,23-25H2,1-4H3,(H,38,42). The Bertz CT molecular complexity index is 1720. The van der Waals surface area contributed by atoms with Gasteiger partial charge in [-0.25, -0.2) is 8.42 Å². The zero-order valence-electron chi connectivity index (χ0n) is 26.5. The maximum absolute atomic E-state index is 14.6. The minimum atomic E-state index is -4.24. The molecule has 0 spiro atoms. The fourth-order valence-electron chi connectivity index (χ4n) is 4.97. The third kappa shape index (κ3) is 8.76. The van der Waals surface area contributed by atoms with Crippen LogP contribution in [0.25, 0.3) is 0 Å². The average Bonchev–Trinajstić information content (AvgIpc) is 3.06. The van der Waals surface area contributed by atoms with Crippen LogP contribution in [0.1, 0.15) is 37.0 Å². The molecule has 2 amide bonds. The molecule has 0 saturated heterocycles. The molecule has 0 saturated carbocycles. The van der Waals surface area contributed by atoms with Gasteiger partial charge in [0.2, 0.25) is 11.8 Å². The van der Waals surface area contributed by atoms with E-state index in [0.29, 0.717) is 12.2 Å². The van der Waals surface area contributed by atoms with Crippen molar-refractivity contribution in [1.29, 1.82) is 0 Å². The highest BCUT2D eigenvalue weighted by Gasteiger charge is 2.35. The van der Waals surface area contributed by atoms with E-state index < -0.39 is 28.5 Å². The third-order valence-electron chi connectivity index (χ3n) is 7.78. The molecule has 0 aromatic heterocycles. The van der Waals surface area contributed by atoms with Crippen LogP contribution >= 0.6 is 15.9 Å².